The molecule has 0 amide bonds. The summed E-state index contributed by atoms with van der Waals surface area (Å²) < 4.78 is 20.7. The molecule has 0 aromatic carbocycles. The van der Waals surface area contributed by atoms with Crippen molar-refractivity contribution in [3.8, 4) is 47.4 Å². The second-order valence-electron chi connectivity index (χ2n) is 6.27. The Morgan fingerprint density at radius 1 is 0.633 bits per heavy atom. The molecule has 0 aromatic heterocycles. The highest BCUT2D eigenvalue weighted by molar-refractivity contribution is 7.34. The van der Waals surface area contributed by atoms with E-state index in [1.54, 1.807) is 0 Å². The van der Waals surface area contributed by atoms with Crippen LogP contribution in [0.4, 0.5) is 0 Å². The first-order chi connectivity index (χ1) is 14.6. The monoisotopic (exact) mass is 429 g/mol. The number of carbonyl (C=O) groups excluding carboxylic acids is 2. The Bertz CT molecular complexity index is 718. The molecule has 0 aromatic rings. The van der Waals surface area contributed by atoms with Crippen LogP contribution in [0, 0.1) is 47.4 Å². The maximum absolute atomic E-state index is 11.6. The fourth-order valence-electron chi connectivity index (χ4n) is 1.88. The van der Waals surface area contributed by atoms with Crippen LogP contribution >= 0.6 is 8.25 Å². The predicted octanol–water partition coefficient (Wildman–Crippen LogP) is 5.46. The van der Waals surface area contributed by atoms with Gasteiger partial charge in [-0.2, -0.15) is 9.05 Å². The number of hydrogen-bond donors (Lipinski definition) is 0. The quantitative estimate of drug-likeness (QED) is 0.234. The van der Waals surface area contributed by atoms with Gasteiger partial charge in [-0.1, -0.05) is 50.4 Å². The molecule has 0 saturated heterocycles. The predicted molar refractivity (Wildman–Crippen MR) is 118 cm³/mol. The molecule has 30 heavy (non-hydrogen) atoms. The zero-order chi connectivity index (χ0) is 22.3. The minimum atomic E-state index is -2.80. The Balaban J connectivity index is 3.85. The summed E-state index contributed by atoms with van der Waals surface area (Å²) in [4.78, 5) is 23.1. The van der Waals surface area contributed by atoms with Crippen LogP contribution in [-0.2, 0) is 23.2 Å². The highest BCUT2D eigenvalue weighted by Gasteiger charge is 2.30. The van der Waals surface area contributed by atoms with Crippen LogP contribution in [-0.4, -0.2) is 11.9 Å². The molecule has 0 unspecified atom stereocenters. The summed E-state index contributed by atoms with van der Waals surface area (Å²) in [5.41, 5.74) is 0. The number of carbonyl (C=O) groups is 2. The first kappa shape index (κ1) is 27.3. The first-order valence-corrected chi connectivity index (χ1v) is 11.5. The Labute approximate surface area is 182 Å². The molecule has 0 bridgehead atoms. The van der Waals surface area contributed by atoms with Crippen LogP contribution in [0.25, 0.3) is 0 Å². The molecule has 6 heteroatoms. The summed E-state index contributed by atoms with van der Waals surface area (Å²) in [5, 5.41) is 0. The Morgan fingerprint density at radius 2 is 0.967 bits per heavy atom. The van der Waals surface area contributed by atoms with Crippen LogP contribution in [0.3, 0.4) is 0 Å². The van der Waals surface area contributed by atoms with E-state index in [0.717, 1.165) is 38.5 Å². The Hall–Kier alpha value is -2.72. The molecule has 5 nitrogen and oxygen atoms in total. The van der Waals surface area contributed by atoms with E-state index in [9.17, 15) is 14.2 Å². The molecule has 0 aliphatic heterocycles. The van der Waals surface area contributed by atoms with Crippen molar-refractivity contribution in [2.75, 3.05) is 0 Å². The third-order valence-electron chi connectivity index (χ3n) is 3.51. The van der Waals surface area contributed by atoms with Gasteiger partial charge >= 0.3 is 20.2 Å². The fourth-order valence-corrected chi connectivity index (χ4v) is 2.43. The summed E-state index contributed by atoms with van der Waals surface area (Å²) in [6.45, 7) is 4.20. The van der Waals surface area contributed by atoms with Crippen molar-refractivity contribution in [3.05, 3.63) is 0 Å². The summed E-state index contributed by atoms with van der Waals surface area (Å²) in [5.74, 6) is 21.2. The van der Waals surface area contributed by atoms with Gasteiger partial charge in [-0.15, -0.1) is 0 Å². The minimum Gasteiger partial charge on any atom is -0.247 e. The smallest absolute Gasteiger partial charge is 0.247 e. The maximum atomic E-state index is 11.6. The SMILES string of the molecule is CCCCC#CC#CCCCC(=O)O[P+](=O)OC(=O)CCCC#CC#CCCCC. The van der Waals surface area contributed by atoms with Gasteiger partial charge in [0.1, 0.15) is 0 Å². The van der Waals surface area contributed by atoms with Crippen molar-refractivity contribution in [2.45, 2.75) is 90.9 Å². The van der Waals surface area contributed by atoms with Gasteiger partial charge in [0, 0.05) is 30.2 Å². The van der Waals surface area contributed by atoms with E-state index in [4.69, 9.17) is 0 Å². The molecule has 0 aliphatic rings. The zero-order valence-corrected chi connectivity index (χ0v) is 18.9. The van der Waals surface area contributed by atoms with Crippen LogP contribution in [0.1, 0.15) is 90.9 Å². The summed E-state index contributed by atoms with van der Waals surface area (Å²) >= 11 is 0. The molecular formula is C24H30O5P+. The average Bonchev–Trinajstić information content (AvgIpc) is 2.71. The zero-order valence-electron chi connectivity index (χ0n) is 18.0. The molecule has 0 heterocycles. The van der Waals surface area contributed by atoms with Crippen molar-refractivity contribution in [1.29, 1.82) is 0 Å². The molecule has 0 saturated carbocycles. The standard InChI is InChI=1S/C24H30O5P/c1-3-5-7-9-11-13-15-17-19-21-23(25)28-30(27)29-24(26)22-20-18-16-14-12-10-8-6-4-2/h3-8,17-22H2,1-2H3/q+1. The van der Waals surface area contributed by atoms with E-state index >= 15 is 0 Å². The Kier molecular flexibility index (Phi) is 19.1. The van der Waals surface area contributed by atoms with Gasteiger partial charge in [0.25, 0.3) is 0 Å². The van der Waals surface area contributed by atoms with E-state index in [1.165, 1.54) is 0 Å². The second-order valence-corrected chi connectivity index (χ2v) is 7.08. The van der Waals surface area contributed by atoms with Gasteiger partial charge < -0.3 is 0 Å². The van der Waals surface area contributed by atoms with Gasteiger partial charge in [-0.3, -0.25) is 0 Å². The number of rotatable bonds is 12. The van der Waals surface area contributed by atoms with Gasteiger partial charge in [0.15, 0.2) is 0 Å². The van der Waals surface area contributed by atoms with Crippen LogP contribution in [0.2, 0.25) is 0 Å². The van der Waals surface area contributed by atoms with Crippen molar-refractivity contribution in [3.63, 3.8) is 0 Å². The summed E-state index contributed by atoms with van der Waals surface area (Å²) in [6.07, 6.45) is 7.98. The van der Waals surface area contributed by atoms with Gasteiger partial charge in [-0.25, -0.2) is 9.59 Å². The first-order valence-electron chi connectivity index (χ1n) is 10.4. The fraction of sp³-hybridized carbons (Fsp3) is 0.583. The lowest BCUT2D eigenvalue weighted by Crippen LogP contribution is -2.03. The van der Waals surface area contributed by atoms with Crippen LogP contribution in [0.15, 0.2) is 0 Å². The molecule has 0 N–H and O–H groups in total. The summed E-state index contributed by atoms with van der Waals surface area (Å²) in [6, 6.07) is 0. The van der Waals surface area contributed by atoms with E-state index in [1.807, 2.05) is 0 Å². The molecule has 0 aliphatic carbocycles. The van der Waals surface area contributed by atoms with Crippen LogP contribution < -0.4 is 0 Å². The van der Waals surface area contributed by atoms with Crippen molar-refractivity contribution < 1.29 is 23.2 Å². The van der Waals surface area contributed by atoms with Crippen molar-refractivity contribution >= 4 is 20.2 Å². The molecule has 160 valence electrons. The van der Waals surface area contributed by atoms with Gasteiger partial charge in [0.05, 0.1) is 12.8 Å². The van der Waals surface area contributed by atoms with Crippen LogP contribution in [0.5, 0.6) is 0 Å². The lowest BCUT2D eigenvalue weighted by Gasteiger charge is -1.92. The molecular weight excluding hydrogens is 399 g/mol. The van der Waals surface area contributed by atoms with E-state index in [-0.39, 0.29) is 12.8 Å². The largest absolute Gasteiger partial charge is 0.811 e. The molecule has 0 rings (SSSR count). The maximum Gasteiger partial charge on any atom is 0.811 e. The van der Waals surface area contributed by atoms with E-state index < -0.39 is 20.2 Å². The summed E-state index contributed by atoms with van der Waals surface area (Å²) in [7, 11) is -2.80. The normalized spacial score (nSPS) is 8.60. The average molecular weight is 429 g/mol. The lowest BCUT2D eigenvalue weighted by molar-refractivity contribution is -0.137. The van der Waals surface area contributed by atoms with Crippen molar-refractivity contribution in [2.24, 2.45) is 0 Å². The molecule has 0 atom stereocenters. The number of hydrogen-bond acceptors (Lipinski definition) is 5. The Morgan fingerprint density at radius 3 is 1.30 bits per heavy atom. The van der Waals surface area contributed by atoms with E-state index in [0.29, 0.717) is 25.7 Å². The highest BCUT2D eigenvalue weighted by Crippen LogP contribution is 2.26. The van der Waals surface area contributed by atoms with E-state index in [2.05, 4.69) is 70.3 Å². The third-order valence-corrected chi connectivity index (χ3v) is 4.21. The van der Waals surface area contributed by atoms with Gasteiger partial charge in [-0.05, 0) is 49.4 Å². The topological polar surface area (TPSA) is 69.7 Å². The molecule has 0 spiro atoms. The minimum absolute atomic E-state index is 0.0471. The third kappa shape index (κ3) is 20.0. The second kappa shape index (κ2) is 21.0. The van der Waals surface area contributed by atoms with Crippen molar-refractivity contribution in [1.82, 2.24) is 0 Å². The van der Waals surface area contributed by atoms with Gasteiger partial charge in [0.2, 0.25) is 0 Å². The number of unbranched alkanes of at least 4 members (excludes halogenated alkanes) is 6. The highest BCUT2D eigenvalue weighted by atomic mass is 31.1. The molecule has 0 radical (unpaired) electrons. The lowest BCUT2D eigenvalue weighted by atomic mass is 10.2. The molecule has 0 fully saturated rings.